The van der Waals surface area contributed by atoms with Crippen LogP contribution in [0.1, 0.15) is 46.0 Å². The summed E-state index contributed by atoms with van der Waals surface area (Å²) in [7, 11) is 0. The van der Waals surface area contributed by atoms with E-state index in [-0.39, 0.29) is 25.4 Å². The average molecular weight is 666 g/mol. The van der Waals surface area contributed by atoms with Crippen molar-refractivity contribution in [3.05, 3.63) is 60.8 Å². The van der Waals surface area contributed by atoms with Gasteiger partial charge in [-0.25, -0.2) is 4.79 Å². The number of esters is 1. The van der Waals surface area contributed by atoms with Gasteiger partial charge in [0.1, 0.15) is 24.2 Å². The summed E-state index contributed by atoms with van der Waals surface area (Å²) in [6.45, 7) is 3.34. The standard InChI is InChI=1S/C33H47NO13/c1-18-10-8-6-4-3-5-7-9-11-21(45-32-30(39)28(34)29(38)19(2)44-32)15-25-27(31(40)41)22(36)17-33(42,47-25)16-20(35)14-24-23(46-24)12-13-26(37)43-18/h3-9,11-13,18-25,27-30,32,35-36,38-39,42H,10,14-17,34H2,1-2H3,(H,40,41)/b4-3+,7-5+,8-6+,11-9+,13-12?/t18-,19-,20+,21+,22+,23-,24-,25+,27-,28+,29-,30+,32?,33-/m1/s1. The minimum absolute atomic E-state index is 0.0789. The molecule has 8 N–H and O–H groups in total. The van der Waals surface area contributed by atoms with Gasteiger partial charge in [0.25, 0.3) is 0 Å². The summed E-state index contributed by atoms with van der Waals surface area (Å²) in [6.07, 6.45) is 5.25. The zero-order valence-electron chi connectivity index (χ0n) is 26.4. The van der Waals surface area contributed by atoms with Gasteiger partial charge in [0.2, 0.25) is 0 Å². The van der Waals surface area contributed by atoms with Crippen molar-refractivity contribution in [3.63, 3.8) is 0 Å². The van der Waals surface area contributed by atoms with E-state index >= 15 is 0 Å². The lowest BCUT2D eigenvalue weighted by Crippen LogP contribution is -2.61. The molecule has 4 aliphatic heterocycles. The Morgan fingerprint density at radius 1 is 0.936 bits per heavy atom. The lowest BCUT2D eigenvalue weighted by molar-refractivity contribution is -0.308. The Bertz CT molecular complexity index is 1220. The van der Waals surface area contributed by atoms with Crippen LogP contribution >= 0.6 is 0 Å². The zero-order valence-corrected chi connectivity index (χ0v) is 26.4. The van der Waals surface area contributed by atoms with Crippen LogP contribution in [0.3, 0.4) is 0 Å². The first-order valence-electron chi connectivity index (χ1n) is 15.9. The van der Waals surface area contributed by atoms with E-state index < -0.39 is 97.3 Å². The number of carboxylic acids is 1. The number of hydrogen-bond acceptors (Lipinski definition) is 13. The molecule has 0 aromatic carbocycles. The molecule has 4 aliphatic rings. The summed E-state index contributed by atoms with van der Waals surface area (Å²) in [5, 5.41) is 63.9. The summed E-state index contributed by atoms with van der Waals surface area (Å²) in [6, 6.07) is -1.08. The van der Waals surface area contributed by atoms with Crippen LogP contribution in [0.4, 0.5) is 0 Å². The van der Waals surface area contributed by atoms with Gasteiger partial charge in [-0.15, -0.1) is 0 Å². The zero-order chi connectivity index (χ0) is 34.3. The van der Waals surface area contributed by atoms with Crippen molar-refractivity contribution >= 4 is 11.9 Å². The molecule has 0 aromatic rings. The minimum Gasteiger partial charge on any atom is -0.481 e. The Hall–Kier alpha value is -2.76. The number of ether oxygens (including phenoxy) is 5. The molecule has 0 aromatic heterocycles. The normalized spacial score (nSPS) is 46.6. The molecule has 3 fully saturated rings. The average Bonchev–Trinajstić information content (AvgIpc) is 3.72. The number of aliphatic carboxylic acids is 1. The maximum atomic E-state index is 12.3. The maximum absolute atomic E-state index is 12.3. The van der Waals surface area contributed by atoms with Gasteiger partial charge < -0.3 is 60.1 Å². The van der Waals surface area contributed by atoms with Gasteiger partial charge in [-0.1, -0.05) is 48.6 Å². The predicted molar refractivity (Wildman–Crippen MR) is 165 cm³/mol. The number of hydrogen-bond donors (Lipinski definition) is 7. The van der Waals surface area contributed by atoms with Crippen LogP contribution < -0.4 is 5.73 Å². The fourth-order valence-electron chi connectivity index (χ4n) is 6.00. The van der Waals surface area contributed by atoms with Crippen molar-refractivity contribution in [1.29, 1.82) is 0 Å². The van der Waals surface area contributed by atoms with E-state index in [1.807, 2.05) is 6.08 Å². The molecule has 0 aliphatic carbocycles. The van der Waals surface area contributed by atoms with Crippen LogP contribution in [-0.2, 0) is 33.3 Å². The maximum Gasteiger partial charge on any atom is 0.330 e. The number of carbonyl (C=O) groups excluding carboxylic acids is 1. The molecule has 0 radical (unpaired) electrons. The molecule has 14 heteroatoms. The van der Waals surface area contributed by atoms with Crippen molar-refractivity contribution in [2.45, 2.75) is 125 Å². The van der Waals surface area contributed by atoms with E-state index in [1.54, 1.807) is 56.4 Å². The number of carbonyl (C=O) groups is 2. The Balaban J connectivity index is 1.58. The number of aliphatic hydroxyl groups is 5. The smallest absolute Gasteiger partial charge is 0.330 e. The Labute approximate surface area is 273 Å². The molecular weight excluding hydrogens is 618 g/mol. The van der Waals surface area contributed by atoms with E-state index in [1.165, 1.54) is 12.2 Å². The molecule has 4 rings (SSSR count). The second kappa shape index (κ2) is 16.6. The van der Waals surface area contributed by atoms with E-state index in [4.69, 9.17) is 29.4 Å². The summed E-state index contributed by atoms with van der Waals surface area (Å²) in [4.78, 5) is 24.4. The molecule has 47 heavy (non-hydrogen) atoms. The third kappa shape index (κ3) is 10.6. The van der Waals surface area contributed by atoms with Crippen LogP contribution in [0.25, 0.3) is 0 Å². The van der Waals surface area contributed by atoms with Gasteiger partial charge in [-0.2, -0.15) is 0 Å². The number of fused-ring (bicyclic) bond motifs is 3. The SMILES string of the molecule is C[C@@H]1C/C=C/C=C/C=C/C=C/[C@H](OC2O[C@H](C)[C@@H](O)[C@H](N)[C@@H]2O)C[C@@H]2O[C@](O)(C[C@@H](O)C[C@H]3O[C@@H]3C=CC(=O)O1)C[C@H](O)[C@H]2C(=O)O. The van der Waals surface area contributed by atoms with Crippen LogP contribution in [0, 0.1) is 5.92 Å². The van der Waals surface area contributed by atoms with E-state index in [9.17, 15) is 40.2 Å². The first-order valence-corrected chi connectivity index (χ1v) is 15.9. The number of nitrogens with two attached hydrogens (primary N) is 1. The quantitative estimate of drug-likeness (QED) is 0.157. The van der Waals surface area contributed by atoms with Crippen molar-refractivity contribution in [2.75, 3.05) is 0 Å². The first-order chi connectivity index (χ1) is 22.3. The van der Waals surface area contributed by atoms with Gasteiger partial charge in [0.15, 0.2) is 12.1 Å². The number of rotatable bonds is 3. The van der Waals surface area contributed by atoms with Crippen LogP contribution in [0.5, 0.6) is 0 Å². The lowest BCUT2D eigenvalue weighted by atomic mass is 9.83. The summed E-state index contributed by atoms with van der Waals surface area (Å²) in [5.74, 6) is -5.45. The fourth-order valence-corrected chi connectivity index (χ4v) is 6.00. The third-order valence-corrected chi connectivity index (χ3v) is 8.58. The van der Waals surface area contributed by atoms with Gasteiger partial charge in [-0.3, -0.25) is 4.79 Å². The first kappa shape index (κ1) is 37.1. The van der Waals surface area contributed by atoms with Crippen molar-refractivity contribution in [3.8, 4) is 0 Å². The molecule has 1 unspecified atom stereocenters. The number of carboxylic acid groups (broad SMARTS) is 1. The Morgan fingerprint density at radius 2 is 1.64 bits per heavy atom. The lowest BCUT2D eigenvalue weighted by Gasteiger charge is -2.45. The van der Waals surface area contributed by atoms with Crippen molar-refractivity contribution < 1.29 is 63.9 Å². The second-order valence-corrected chi connectivity index (χ2v) is 12.6. The topological polar surface area (TPSA) is 231 Å². The fraction of sp³-hybridized carbons (Fsp3) is 0.636. The van der Waals surface area contributed by atoms with Crippen LogP contribution in [0.2, 0.25) is 0 Å². The van der Waals surface area contributed by atoms with Crippen LogP contribution in [0.15, 0.2) is 60.8 Å². The number of epoxide rings is 1. The highest BCUT2D eigenvalue weighted by Gasteiger charge is 2.51. The minimum atomic E-state index is -2.10. The van der Waals surface area contributed by atoms with E-state index in [0.717, 1.165) is 0 Å². The molecule has 3 saturated heterocycles. The highest BCUT2D eigenvalue weighted by atomic mass is 16.7. The van der Waals surface area contributed by atoms with Gasteiger partial charge in [0, 0.05) is 38.2 Å². The Kier molecular flexibility index (Phi) is 13.1. The molecule has 262 valence electrons. The highest BCUT2D eigenvalue weighted by Crippen LogP contribution is 2.39. The van der Waals surface area contributed by atoms with Crippen LogP contribution in [-0.4, -0.2) is 122 Å². The third-order valence-electron chi connectivity index (χ3n) is 8.58. The van der Waals surface area contributed by atoms with Gasteiger partial charge >= 0.3 is 11.9 Å². The predicted octanol–water partition coefficient (Wildman–Crippen LogP) is 0.120. The molecular formula is C33H47NO13. The summed E-state index contributed by atoms with van der Waals surface area (Å²) < 4.78 is 28.5. The molecule has 2 bridgehead atoms. The summed E-state index contributed by atoms with van der Waals surface area (Å²) >= 11 is 0. The number of allylic oxidation sites excluding steroid dienone is 6. The van der Waals surface area contributed by atoms with Crippen molar-refractivity contribution in [1.82, 2.24) is 0 Å². The number of cyclic esters (lactones) is 1. The molecule has 4 heterocycles. The Morgan fingerprint density at radius 3 is 2.36 bits per heavy atom. The number of aliphatic hydroxyl groups excluding tert-OH is 4. The largest absolute Gasteiger partial charge is 0.481 e. The molecule has 0 saturated carbocycles. The second-order valence-electron chi connectivity index (χ2n) is 12.6. The van der Waals surface area contributed by atoms with Gasteiger partial charge in [-0.05, 0) is 19.9 Å². The van der Waals surface area contributed by atoms with E-state index in [2.05, 4.69) is 0 Å². The van der Waals surface area contributed by atoms with Gasteiger partial charge in [0.05, 0.1) is 48.8 Å². The van der Waals surface area contributed by atoms with E-state index in [0.29, 0.717) is 6.42 Å². The molecule has 0 spiro atoms. The molecule has 0 amide bonds. The summed E-state index contributed by atoms with van der Waals surface area (Å²) in [5.41, 5.74) is 5.98. The highest BCUT2D eigenvalue weighted by molar-refractivity contribution is 5.82. The molecule has 14 nitrogen and oxygen atoms in total. The monoisotopic (exact) mass is 665 g/mol. The molecule has 14 atom stereocenters. The van der Waals surface area contributed by atoms with Crippen molar-refractivity contribution in [2.24, 2.45) is 11.7 Å².